The number of methoxy groups -OCH3 is 1. The fraction of sp³-hybridized carbons (Fsp3) is 0.636. The third-order valence-electron chi connectivity index (χ3n) is 5.01. The highest BCUT2D eigenvalue weighted by molar-refractivity contribution is 5.77. The molecule has 0 saturated heterocycles. The Bertz CT molecular complexity index is 705. The van der Waals surface area contributed by atoms with E-state index in [9.17, 15) is 9.59 Å². The Morgan fingerprint density at radius 3 is 2.41 bits per heavy atom. The van der Waals surface area contributed by atoms with E-state index in [2.05, 4.69) is 19.2 Å². The zero-order chi connectivity index (χ0) is 21.4. The number of carbonyl (C=O) groups excluding carboxylic acids is 2. The molecule has 0 aromatic heterocycles. The zero-order valence-corrected chi connectivity index (χ0v) is 18.2. The van der Waals surface area contributed by atoms with Crippen molar-refractivity contribution in [1.82, 2.24) is 10.2 Å². The Morgan fingerprint density at radius 1 is 1.17 bits per heavy atom. The summed E-state index contributed by atoms with van der Waals surface area (Å²) in [5, 5.41) is 2.99. The Labute approximate surface area is 173 Å². The van der Waals surface area contributed by atoms with Crippen LogP contribution in [0.2, 0.25) is 0 Å². The van der Waals surface area contributed by atoms with Crippen molar-refractivity contribution in [1.29, 1.82) is 0 Å². The van der Waals surface area contributed by atoms with E-state index in [4.69, 9.17) is 14.2 Å². The summed E-state index contributed by atoms with van der Waals surface area (Å²) in [5.74, 6) is 1.48. The molecule has 0 bridgehead atoms. The summed E-state index contributed by atoms with van der Waals surface area (Å²) in [7, 11) is 1.36. The predicted octanol–water partition coefficient (Wildman–Crippen LogP) is 3.70. The van der Waals surface area contributed by atoms with Gasteiger partial charge in [0.15, 0.2) is 11.5 Å². The molecule has 7 heteroatoms. The van der Waals surface area contributed by atoms with E-state index in [1.54, 1.807) is 4.90 Å². The summed E-state index contributed by atoms with van der Waals surface area (Å²) >= 11 is 0. The number of nitrogens with zero attached hydrogens (tertiary/aromatic N) is 1. The zero-order valence-electron chi connectivity index (χ0n) is 18.2. The Hall–Kier alpha value is -2.44. The minimum Gasteiger partial charge on any atom is -0.490 e. The van der Waals surface area contributed by atoms with Crippen LogP contribution in [0.1, 0.15) is 57.7 Å². The van der Waals surface area contributed by atoms with Gasteiger partial charge in [-0.2, -0.15) is 0 Å². The van der Waals surface area contributed by atoms with Gasteiger partial charge in [-0.3, -0.25) is 4.79 Å². The first kappa shape index (κ1) is 22.8. The van der Waals surface area contributed by atoms with Crippen LogP contribution in [0.25, 0.3) is 0 Å². The number of nitrogens with one attached hydrogen (secondary N) is 1. The van der Waals surface area contributed by atoms with Gasteiger partial charge in [-0.05, 0) is 55.9 Å². The van der Waals surface area contributed by atoms with Gasteiger partial charge in [-0.1, -0.05) is 13.8 Å². The normalized spacial score (nSPS) is 15.7. The average Bonchev–Trinajstić information content (AvgIpc) is 2.68. The van der Waals surface area contributed by atoms with Crippen LogP contribution in [0.4, 0.5) is 4.79 Å². The molecule has 1 N–H and O–H groups in total. The summed E-state index contributed by atoms with van der Waals surface area (Å²) < 4.78 is 16.4. The predicted molar refractivity (Wildman–Crippen MR) is 111 cm³/mol. The molecule has 0 spiro atoms. The van der Waals surface area contributed by atoms with Crippen LogP contribution < -0.4 is 14.8 Å². The molecular formula is C22H34N2O5. The first-order chi connectivity index (χ1) is 13.9. The molecule has 7 nitrogen and oxygen atoms in total. The minimum atomic E-state index is -0.403. The van der Waals surface area contributed by atoms with E-state index < -0.39 is 6.04 Å². The molecule has 1 aromatic rings. The minimum absolute atomic E-state index is 0.0979. The molecule has 1 unspecified atom stereocenters. The number of rotatable bonds is 9. The summed E-state index contributed by atoms with van der Waals surface area (Å²) in [6, 6.07) is 3.32. The molecule has 1 heterocycles. The van der Waals surface area contributed by atoms with Gasteiger partial charge in [0, 0.05) is 13.1 Å². The number of amides is 2. The maximum atomic E-state index is 12.9. The van der Waals surface area contributed by atoms with Crippen LogP contribution in [0.5, 0.6) is 11.5 Å². The number of carbonyl (C=O) groups is 2. The van der Waals surface area contributed by atoms with Crippen LogP contribution in [0.3, 0.4) is 0 Å². The van der Waals surface area contributed by atoms with E-state index in [1.807, 2.05) is 26.0 Å². The van der Waals surface area contributed by atoms with Gasteiger partial charge in [0.1, 0.15) is 0 Å². The van der Waals surface area contributed by atoms with Gasteiger partial charge in [0.2, 0.25) is 0 Å². The lowest BCUT2D eigenvalue weighted by Crippen LogP contribution is -2.46. The second-order valence-electron chi connectivity index (χ2n) is 7.52. The molecule has 2 rings (SSSR count). The van der Waals surface area contributed by atoms with Gasteiger partial charge >= 0.3 is 12.0 Å². The molecule has 1 atom stereocenters. The van der Waals surface area contributed by atoms with Crippen molar-refractivity contribution in [2.75, 3.05) is 33.4 Å². The largest absolute Gasteiger partial charge is 0.490 e. The molecule has 1 aliphatic heterocycles. The average molecular weight is 407 g/mol. The quantitative estimate of drug-likeness (QED) is 0.633. The standard InChI is InChI=1S/C22H34N2O5/c1-6-28-19-12-16-9-11-24(22(26)23-10-8-15(3)4)18(14-21(25)27-5)17(16)13-20(19)29-7-2/h12-13,15,18H,6-11,14H2,1-5H3,(H,23,26). The van der Waals surface area contributed by atoms with Crippen molar-refractivity contribution in [2.24, 2.45) is 5.92 Å². The van der Waals surface area contributed by atoms with E-state index in [0.717, 1.165) is 17.5 Å². The van der Waals surface area contributed by atoms with Gasteiger partial charge in [0.25, 0.3) is 0 Å². The van der Waals surface area contributed by atoms with Crippen molar-refractivity contribution in [3.63, 3.8) is 0 Å². The van der Waals surface area contributed by atoms with E-state index in [1.165, 1.54) is 7.11 Å². The molecule has 29 heavy (non-hydrogen) atoms. The van der Waals surface area contributed by atoms with E-state index in [0.29, 0.717) is 50.1 Å². The van der Waals surface area contributed by atoms with Crippen LogP contribution in [-0.2, 0) is 16.0 Å². The summed E-state index contributed by atoms with van der Waals surface area (Å²) in [6.07, 6.45) is 1.70. The molecule has 0 aliphatic carbocycles. The molecule has 0 radical (unpaired) electrons. The van der Waals surface area contributed by atoms with Crippen LogP contribution in [-0.4, -0.2) is 50.3 Å². The van der Waals surface area contributed by atoms with Gasteiger partial charge < -0.3 is 24.4 Å². The third kappa shape index (κ3) is 6.02. The number of esters is 1. The molecule has 1 aromatic carbocycles. The molecule has 2 amide bonds. The highest BCUT2D eigenvalue weighted by Gasteiger charge is 2.34. The molecule has 0 fully saturated rings. The van der Waals surface area contributed by atoms with Crippen molar-refractivity contribution >= 4 is 12.0 Å². The van der Waals surface area contributed by atoms with Gasteiger partial charge in [0.05, 0.1) is 32.8 Å². The number of fused-ring (bicyclic) bond motifs is 1. The highest BCUT2D eigenvalue weighted by Crippen LogP contribution is 2.40. The van der Waals surface area contributed by atoms with Crippen molar-refractivity contribution in [2.45, 2.75) is 53.0 Å². The van der Waals surface area contributed by atoms with Gasteiger partial charge in [-0.15, -0.1) is 0 Å². The molecule has 162 valence electrons. The Morgan fingerprint density at radius 2 is 1.83 bits per heavy atom. The SMILES string of the molecule is CCOc1cc2c(cc1OCC)C(CC(=O)OC)N(C(=O)NCCC(C)C)CC2. The number of ether oxygens (including phenoxy) is 3. The number of hydrogen-bond acceptors (Lipinski definition) is 5. The van der Waals surface area contributed by atoms with E-state index >= 15 is 0 Å². The third-order valence-corrected chi connectivity index (χ3v) is 5.01. The molecular weight excluding hydrogens is 372 g/mol. The fourth-order valence-electron chi connectivity index (χ4n) is 3.52. The first-order valence-corrected chi connectivity index (χ1v) is 10.4. The number of benzene rings is 1. The monoisotopic (exact) mass is 406 g/mol. The number of urea groups is 1. The Kier molecular flexibility index (Phi) is 8.61. The van der Waals surface area contributed by atoms with Crippen LogP contribution >= 0.6 is 0 Å². The maximum Gasteiger partial charge on any atom is 0.317 e. The van der Waals surface area contributed by atoms with Crippen LogP contribution in [0.15, 0.2) is 12.1 Å². The van der Waals surface area contributed by atoms with Crippen molar-refractivity contribution < 1.29 is 23.8 Å². The Balaban J connectivity index is 2.34. The highest BCUT2D eigenvalue weighted by atomic mass is 16.5. The second-order valence-corrected chi connectivity index (χ2v) is 7.52. The lowest BCUT2D eigenvalue weighted by molar-refractivity contribution is -0.141. The van der Waals surface area contributed by atoms with Crippen molar-refractivity contribution in [3.05, 3.63) is 23.3 Å². The summed E-state index contributed by atoms with van der Waals surface area (Å²) in [5.41, 5.74) is 1.98. The molecule has 1 aliphatic rings. The summed E-state index contributed by atoms with van der Waals surface area (Å²) in [6.45, 7) is 10.3. The first-order valence-electron chi connectivity index (χ1n) is 10.4. The summed E-state index contributed by atoms with van der Waals surface area (Å²) in [4.78, 5) is 26.7. The van der Waals surface area contributed by atoms with Gasteiger partial charge in [-0.25, -0.2) is 4.79 Å². The number of hydrogen-bond donors (Lipinski definition) is 1. The topological polar surface area (TPSA) is 77.1 Å². The lowest BCUT2D eigenvalue weighted by Gasteiger charge is -2.37. The molecule has 0 saturated carbocycles. The van der Waals surface area contributed by atoms with Crippen LogP contribution in [0, 0.1) is 5.92 Å². The fourth-order valence-corrected chi connectivity index (χ4v) is 3.52. The van der Waals surface area contributed by atoms with Crippen molar-refractivity contribution in [3.8, 4) is 11.5 Å². The lowest BCUT2D eigenvalue weighted by atomic mass is 9.90. The smallest absolute Gasteiger partial charge is 0.317 e. The maximum absolute atomic E-state index is 12.9. The van der Waals surface area contributed by atoms with E-state index in [-0.39, 0.29) is 18.4 Å². The second kappa shape index (κ2) is 10.9.